The van der Waals surface area contributed by atoms with E-state index in [0.29, 0.717) is 0 Å². The third kappa shape index (κ3) is 1.72. The number of nitrogens with zero attached hydrogens (tertiary/aromatic N) is 1. The zero-order valence-corrected chi connectivity index (χ0v) is 12.2. The van der Waals surface area contributed by atoms with Gasteiger partial charge in [0.2, 0.25) is 0 Å². The summed E-state index contributed by atoms with van der Waals surface area (Å²) in [5, 5.41) is 11.6. The van der Waals surface area contributed by atoms with Crippen molar-refractivity contribution >= 4 is 17.3 Å². The Balaban J connectivity index is 2.90. The highest BCUT2D eigenvalue weighted by molar-refractivity contribution is 6.33. The minimum atomic E-state index is -0.336. The predicted molar refractivity (Wildman–Crippen MR) is 73.5 cm³/mol. The zero-order chi connectivity index (χ0) is 13.9. The number of nitro groups is 1. The van der Waals surface area contributed by atoms with Crippen LogP contribution < -0.4 is 0 Å². The van der Waals surface area contributed by atoms with E-state index < -0.39 is 0 Å². The van der Waals surface area contributed by atoms with Gasteiger partial charge in [-0.05, 0) is 35.3 Å². The molecule has 2 rings (SSSR count). The van der Waals surface area contributed by atoms with Crippen LogP contribution in [0.1, 0.15) is 50.8 Å². The topological polar surface area (TPSA) is 43.1 Å². The van der Waals surface area contributed by atoms with Gasteiger partial charge in [-0.3, -0.25) is 10.1 Å². The molecule has 0 amide bonds. The molecule has 0 N–H and O–H groups in total. The minimum absolute atomic E-state index is 0.0427. The molecule has 1 aliphatic carbocycles. The van der Waals surface area contributed by atoms with E-state index in [1.807, 2.05) is 13.0 Å². The van der Waals surface area contributed by atoms with Gasteiger partial charge in [-0.25, -0.2) is 0 Å². The molecular formula is C14H18ClNO2. The molecule has 0 saturated carbocycles. The average molecular weight is 268 g/mol. The highest BCUT2D eigenvalue weighted by Crippen LogP contribution is 2.54. The lowest BCUT2D eigenvalue weighted by molar-refractivity contribution is -0.385. The van der Waals surface area contributed by atoms with Crippen LogP contribution in [0.2, 0.25) is 5.02 Å². The Bertz CT molecular complexity index is 547. The van der Waals surface area contributed by atoms with Gasteiger partial charge in [0.25, 0.3) is 5.69 Å². The van der Waals surface area contributed by atoms with Crippen LogP contribution in [-0.4, -0.2) is 4.92 Å². The second-order valence-corrected chi connectivity index (χ2v) is 6.86. The molecule has 0 fully saturated rings. The van der Waals surface area contributed by atoms with Gasteiger partial charge in [-0.1, -0.05) is 45.4 Å². The summed E-state index contributed by atoms with van der Waals surface area (Å²) in [5.41, 5.74) is 2.52. The Hall–Kier alpha value is -1.09. The Morgan fingerprint density at radius 2 is 1.83 bits per heavy atom. The maximum absolute atomic E-state index is 11.4. The fraction of sp³-hybridized carbons (Fsp3) is 0.571. The lowest BCUT2D eigenvalue weighted by atomic mass is 9.81. The van der Waals surface area contributed by atoms with Crippen LogP contribution in [0.4, 0.5) is 5.69 Å². The molecule has 0 spiro atoms. The highest BCUT2D eigenvalue weighted by atomic mass is 35.5. The number of fused-ring (bicyclic) bond motifs is 1. The Morgan fingerprint density at radius 3 is 2.33 bits per heavy atom. The minimum Gasteiger partial charge on any atom is -0.258 e. The Morgan fingerprint density at radius 1 is 1.28 bits per heavy atom. The maximum atomic E-state index is 11.4. The fourth-order valence-electron chi connectivity index (χ4n) is 3.45. The number of halogens is 1. The fourth-order valence-corrected chi connectivity index (χ4v) is 3.67. The summed E-state index contributed by atoms with van der Waals surface area (Å²) >= 11 is 6.15. The van der Waals surface area contributed by atoms with Crippen molar-refractivity contribution in [1.29, 1.82) is 0 Å². The number of hydrogen-bond acceptors (Lipinski definition) is 2. The van der Waals surface area contributed by atoms with Crippen molar-refractivity contribution in [3.05, 3.63) is 37.9 Å². The molecule has 0 saturated heterocycles. The van der Waals surface area contributed by atoms with E-state index in [9.17, 15) is 10.1 Å². The summed E-state index contributed by atoms with van der Waals surface area (Å²) in [6.45, 7) is 10.2. The van der Waals surface area contributed by atoms with Gasteiger partial charge in [0.1, 0.15) is 5.02 Å². The van der Waals surface area contributed by atoms with Crippen molar-refractivity contribution in [3.63, 3.8) is 0 Å². The van der Waals surface area contributed by atoms with E-state index in [4.69, 9.17) is 11.6 Å². The number of hydrogen-bond donors (Lipinski definition) is 0. The second-order valence-electron chi connectivity index (χ2n) is 6.48. The van der Waals surface area contributed by atoms with Gasteiger partial charge in [-0.2, -0.15) is 0 Å². The molecule has 1 aliphatic rings. The molecule has 1 aromatic rings. The van der Waals surface area contributed by atoms with Crippen molar-refractivity contribution < 1.29 is 4.92 Å². The summed E-state index contributed by atoms with van der Waals surface area (Å²) < 4.78 is 0. The summed E-state index contributed by atoms with van der Waals surface area (Å²) in [6.07, 6.45) is 0.899. The first-order valence-electron chi connectivity index (χ1n) is 6.06. The van der Waals surface area contributed by atoms with Gasteiger partial charge in [0, 0.05) is 5.56 Å². The number of benzene rings is 1. The van der Waals surface area contributed by atoms with Gasteiger partial charge in [-0.15, -0.1) is 0 Å². The molecule has 18 heavy (non-hydrogen) atoms. The van der Waals surface area contributed by atoms with Crippen LogP contribution in [0.3, 0.4) is 0 Å². The first-order chi connectivity index (χ1) is 8.08. The van der Waals surface area contributed by atoms with Gasteiger partial charge in [0.05, 0.1) is 4.92 Å². The molecular weight excluding hydrogens is 250 g/mol. The van der Waals surface area contributed by atoms with E-state index in [-0.39, 0.29) is 26.5 Å². The van der Waals surface area contributed by atoms with Gasteiger partial charge >= 0.3 is 0 Å². The largest absolute Gasteiger partial charge is 0.292 e. The monoisotopic (exact) mass is 267 g/mol. The van der Waals surface area contributed by atoms with Gasteiger partial charge < -0.3 is 0 Å². The molecule has 0 aromatic heterocycles. The quantitative estimate of drug-likeness (QED) is 0.555. The van der Waals surface area contributed by atoms with Crippen molar-refractivity contribution in [1.82, 2.24) is 0 Å². The molecule has 0 bridgehead atoms. The van der Waals surface area contributed by atoms with Crippen molar-refractivity contribution in [3.8, 4) is 0 Å². The van der Waals surface area contributed by atoms with Crippen molar-refractivity contribution in [2.24, 2.45) is 0 Å². The van der Waals surface area contributed by atoms with Crippen LogP contribution in [0.5, 0.6) is 0 Å². The average Bonchev–Trinajstić information content (AvgIpc) is 2.34. The standard InChI is InChI=1S/C14H18ClNO2/c1-8-6-9-10(12(11(8)15)16(17)18)14(4,5)7-13(9,2)3/h6H,7H2,1-5H3. The molecule has 1 aromatic carbocycles. The lowest BCUT2D eigenvalue weighted by Gasteiger charge is -2.22. The lowest BCUT2D eigenvalue weighted by Crippen LogP contribution is -2.18. The molecule has 0 atom stereocenters. The van der Waals surface area contributed by atoms with Crippen LogP contribution in [0.25, 0.3) is 0 Å². The third-order valence-electron chi connectivity index (χ3n) is 3.89. The van der Waals surface area contributed by atoms with E-state index in [2.05, 4.69) is 27.7 Å². The zero-order valence-electron chi connectivity index (χ0n) is 11.4. The first-order valence-corrected chi connectivity index (χ1v) is 6.44. The third-order valence-corrected chi connectivity index (χ3v) is 4.37. The van der Waals surface area contributed by atoms with E-state index >= 15 is 0 Å². The van der Waals surface area contributed by atoms with Crippen molar-refractivity contribution in [2.45, 2.75) is 51.9 Å². The Kier molecular flexibility index (Phi) is 2.74. The number of aryl methyl sites for hydroxylation is 1. The highest BCUT2D eigenvalue weighted by Gasteiger charge is 2.47. The SMILES string of the molecule is Cc1cc2c(c([N+](=O)[O-])c1Cl)C(C)(C)CC2(C)C. The smallest absolute Gasteiger partial charge is 0.258 e. The van der Waals surface area contributed by atoms with Crippen molar-refractivity contribution in [2.75, 3.05) is 0 Å². The predicted octanol–water partition coefficient (Wildman–Crippen LogP) is 4.52. The van der Waals surface area contributed by atoms with Crippen LogP contribution >= 0.6 is 11.6 Å². The summed E-state index contributed by atoms with van der Waals surface area (Å²) in [5.74, 6) is 0. The van der Waals surface area contributed by atoms with Crippen LogP contribution in [0, 0.1) is 17.0 Å². The first kappa shape index (κ1) is 13.3. The summed E-state index contributed by atoms with van der Waals surface area (Å²) in [7, 11) is 0. The van der Waals surface area contributed by atoms with Crippen LogP contribution in [0.15, 0.2) is 6.07 Å². The van der Waals surface area contributed by atoms with Gasteiger partial charge in [0.15, 0.2) is 0 Å². The second kappa shape index (κ2) is 3.70. The summed E-state index contributed by atoms with van der Waals surface area (Å²) in [6, 6.07) is 2.01. The number of rotatable bonds is 1. The van der Waals surface area contributed by atoms with E-state index in [0.717, 1.165) is 23.1 Å². The number of nitro benzene ring substituents is 1. The maximum Gasteiger partial charge on any atom is 0.292 e. The van der Waals surface area contributed by atoms with E-state index in [1.165, 1.54) is 0 Å². The molecule has 0 heterocycles. The molecule has 4 heteroatoms. The Labute approximate surface area is 112 Å². The molecule has 98 valence electrons. The molecule has 0 radical (unpaired) electrons. The molecule has 3 nitrogen and oxygen atoms in total. The summed E-state index contributed by atoms with van der Waals surface area (Å²) in [4.78, 5) is 11.0. The van der Waals surface area contributed by atoms with Crippen LogP contribution in [-0.2, 0) is 10.8 Å². The van der Waals surface area contributed by atoms with E-state index in [1.54, 1.807) is 0 Å². The normalized spacial score (nSPS) is 19.7. The molecule has 0 aliphatic heterocycles. The molecule has 0 unspecified atom stereocenters.